The normalized spacial score (nSPS) is 11.9. The second kappa shape index (κ2) is 19.8. The van der Waals surface area contributed by atoms with Gasteiger partial charge in [-0.3, -0.25) is 9.59 Å². The monoisotopic (exact) mass is 502 g/mol. The van der Waals surface area contributed by atoms with E-state index in [-0.39, 0.29) is 11.8 Å². The van der Waals surface area contributed by atoms with Gasteiger partial charge in [0.2, 0.25) is 5.91 Å². The van der Waals surface area contributed by atoms with E-state index >= 15 is 0 Å². The van der Waals surface area contributed by atoms with E-state index in [4.69, 9.17) is 0 Å². The highest BCUT2D eigenvalue weighted by atomic mass is 16.4. The predicted octanol–water partition coefficient (Wildman–Crippen LogP) is 7.01. The van der Waals surface area contributed by atoms with E-state index in [9.17, 15) is 19.5 Å². The van der Waals surface area contributed by atoms with Crippen LogP contribution in [0, 0.1) is 5.92 Å². The number of nitrogens with one attached hydrogen (secondary N) is 2. The van der Waals surface area contributed by atoms with Gasteiger partial charge in [-0.1, -0.05) is 110 Å². The van der Waals surface area contributed by atoms with E-state index in [0.29, 0.717) is 24.9 Å². The van der Waals surface area contributed by atoms with Crippen molar-refractivity contribution in [1.82, 2.24) is 10.6 Å². The van der Waals surface area contributed by atoms with Crippen molar-refractivity contribution in [3.63, 3.8) is 0 Å². The van der Waals surface area contributed by atoms with E-state index in [1.54, 1.807) is 24.3 Å². The van der Waals surface area contributed by atoms with Gasteiger partial charge in [-0.15, -0.1) is 0 Å². The zero-order chi connectivity index (χ0) is 26.6. The molecule has 0 spiro atoms. The van der Waals surface area contributed by atoms with Crippen LogP contribution in [-0.4, -0.2) is 28.9 Å². The van der Waals surface area contributed by atoms with E-state index in [2.05, 4.69) is 17.6 Å². The summed E-state index contributed by atoms with van der Waals surface area (Å²) in [6.45, 7) is 6.52. The zero-order valence-corrected chi connectivity index (χ0v) is 22.9. The van der Waals surface area contributed by atoms with Gasteiger partial charge in [0, 0.05) is 18.5 Å². The van der Waals surface area contributed by atoms with Crippen molar-refractivity contribution in [3.8, 4) is 0 Å². The summed E-state index contributed by atoms with van der Waals surface area (Å²) < 4.78 is 0. The molecule has 0 aromatic heterocycles. The van der Waals surface area contributed by atoms with Crippen LogP contribution in [0.5, 0.6) is 0 Å². The number of carbonyl (C=O) groups is 3. The average molecular weight is 503 g/mol. The Balaban J connectivity index is 2.13. The van der Waals surface area contributed by atoms with Crippen LogP contribution < -0.4 is 10.6 Å². The van der Waals surface area contributed by atoms with Crippen molar-refractivity contribution in [1.29, 1.82) is 0 Å². The maximum atomic E-state index is 12.4. The molecule has 0 bridgehead atoms. The Bertz CT molecular complexity index is 746. The van der Waals surface area contributed by atoms with Gasteiger partial charge in [0.15, 0.2) is 0 Å². The molecule has 0 heterocycles. The summed E-state index contributed by atoms with van der Waals surface area (Å²) in [6, 6.07) is 6.01. The number of rotatable bonds is 21. The van der Waals surface area contributed by atoms with Crippen LogP contribution in [0.2, 0.25) is 0 Å². The Morgan fingerprint density at radius 2 is 1.28 bits per heavy atom. The van der Waals surface area contributed by atoms with Gasteiger partial charge in [0.05, 0.1) is 0 Å². The quantitative estimate of drug-likeness (QED) is 0.157. The number of hydrogen-bond acceptors (Lipinski definition) is 3. The van der Waals surface area contributed by atoms with Crippen molar-refractivity contribution in [3.05, 3.63) is 35.4 Å². The lowest BCUT2D eigenvalue weighted by atomic mass is 10.0. The molecule has 36 heavy (non-hydrogen) atoms. The molecule has 6 heteroatoms. The Morgan fingerprint density at radius 1 is 0.778 bits per heavy atom. The molecule has 1 rings (SSSR count). The Kier molecular flexibility index (Phi) is 17.4. The first kappa shape index (κ1) is 31.7. The van der Waals surface area contributed by atoms with Crippen LogP contribution >= 0.6 is 0 Å². The highest BCUT2D eigenvalue weighted by Crippen LogP contribution is 2.13. The molecule has 0 saturated carbocycles. The van der Waals surface area contributed by atoms with E-state index in [1.807, 2.05) is 13.8 Å². The van der Waals surface area contributed by atoms with E-state index in [0.717, 1.165) is 18.4 Å². The van der Waals surface area contributed by atoms with Gasteiger partial charge < -0.3 is 15.7 Å². The van der Waals surface area contributed by atoms with Gasteiger partial charge in [0.1, 0.15) is 6.04 Å². The molecule has 2 amide bonds. The average Bonchev–Trinajstić information content (AvgIpc) is 2.85. The maximum Gasteiger partial charge on any atom is 0.326 e. The van der Waals surface area contributed by atoms with Crippen LogP contribution in [0.1, 0.15) is 133 Å². The summed E-state index contributed by atoms with van der Waals surface area (Å²) in [7, 11) is 0. The predicted molar refractivity (Wildman–Crippen MR) is 147 cm³/mol. The number of carbonyl (C=O) groups excluding carboxylic acids is 2. The number of aliphatic carboxylic acids is 1. The third-order valence-electron chi connectivity index (χ3n) is 6.52. The fourth-order valence-electron chi connectivity index (χ4n) is 4.30. The molecule has 0 unspecified atom stereocenters. The molecule has 1 aromatic rings. The van der Waals surface area contributed by atoms with Crippen LogP contribution in [0.3, 0.4) is 0 Å². The van der Waals surface area contributed by atoms with Crippen molar-refractivity contribution < 1.29 is 19.5 Å². The number of hydrogen-bond donors (Lipinski definition) is 3. The van der Waals surface area contributed by atoms with E-state index in [1.165, 1.54) is 70.6 Å². The summed E-state index contributed by atoms with van der Waals surface area (Å²) in [5.74, 6) is -1.21. The first-order valence-corrected chi connectivity index (χ1v) is 14.2. The Morgan fingerprint density at radius 3 is 1.75 bits per heavy atom. The van der Waals surface area contributed by atoms with Crippen molar-refractivity contribution in [2.24, 2.45) is 5.92 Å². The third-order valence-corrected chi connectivity index (χ3v) is 6.52. The van der Waals surface area contributed by atoms with Gasteiger partial charge >= 0.3 is 5.97 Å². The lowest BCUT2D eigenvalue weighted by Crippen LogP contribution is -2.41. The molecule has 3 N–H and O–H groups in total. The summed E-state index contributed by atoms with van der Waals surface area (Å²) in [5, 5.41) is 14.8. The number of benzene rings is 1. The minimum Gasteiger partial charge on any atom is -0.480 e. The number of amides is 2. The van der Waals surface area contributed by atoms with Gasteiger partial charge in [-0.2, -0.15) is 0 Å². The molecule has 0 fully saturated rings. The molecule has 1 aromatic carbocycles. The molecule has 1 atom stereocenters. The minimum absolute atomic E-state index is 0.0536. The molecule has 0 radical (unpaired) electrons. The number of carboxylic acid groups (broad SMARTS) is 1. The summed E-state index contributed by atoms with van der Waals surface area (Å²) >= 11 is 0. The fourth-order valence-corrected chi connectivity index (χ4v) is 4.30. The van der Waals surface area contributed by atoms with Gasteiger partial charge in [-0.05, 0) is 36.5 Å². The van der Waals surface area contributed by atoms with Crippen LogP contribution in [-0.2, 0) is 16.1 Å². The largest absolute Gasteiger partial charge is 0.480 e. The highest BCUT2D eigenvalue weighted by Gasteiger charge is 2.21. The number of carboxylic acids is 1. The SMILES string of the molecule is CCCCCCCCCCCCCCCC(=O)NCc1ccc(C(=O)N[C@@H](CC(C)C)C(=O)O)cc1. The molecule has 0 saturated heterocycles. The smallest absolute Gasteiger partial charge is 0.326 e. The molecule has 6 nitrogen and oxygen atoms in total. The fraction of sp³-hybridized carbons (Fsp3) is 0.700. The first-order chi connectivity index (χ1) is 17.3. The zero-order valence-electron chi connectivity index (χ0n) is 22.9. The van der Waals surface area contributed by atoms with Crippen molar-refractivity contribution >= 4 is 17.8 Å². The van der Waals surface area contributed by atoms with E-state index < -0.39 is 17.9 Å². The van der Waals surface area contributed by atoms with Crippen LogP contribution in [0.15, 0.2) is 24.3 Å². The van der Waals surface area contributed by atoms with Crippen molar-refractivity contribution in [2.45, 2.75) is 130 Å². The Hall–Kier alpha value is -2.37. The molecule has 0 aliphatic carbocycles. The molecule has 0 aliphatic heterocycles. The highest BCUT2D eigenvalue weighted by molar-refractivity contribution is 5.96. The third kappa shape index (κ3) is 15.6. The topological polar surface area (TPSA) is 95.5 Å². The molecular weight excluding hydrogens is 452 g/mol. The molecule has 204 valence electrons. The van der Waals surface area contributed by atoms with Crippen molar-refractivity contribution in [2.75, 3.05) is 0 Å². The lowest BCUT2D eigenvalue weighted by molar-refractivity contribution is -0.139. The first-order valence-electron chi connectivity index (χ1n) is 14.2. The molecular formula is C30H50N2O4. The Labute approximate surface area is 219 Å². The van der Waals surface area contributed by atoms with Gasteiger partial charge in [-0.25, -0.2) is 4.79 Å². The van der Waals surface area contributed by atoms with Crippen LogP contribution in [0.4, 0.5) is 0 Å². The van der Waals surface area contributed by atoms with Gasteiger partial charge in [0.25, 0.3) is 5.91 Å². The maximum absolute atomic E-state index is 12.4. The minimum atomic E-state index is -1.03. The lowest BCUT2D eigenvalue weighted by Gasteiger charge is -2.16. The standard InChI is InChI=1S/C30H50N2O4/c1-4-5-6-7-8-9-10-11-12-13-14-15-16-17-28(33)31-23-25-18-20-26(21-19-25)29(34)32-27(30(35)36)22-24(2)3/h18-21,24,27H,4-17,22-23H2,1-3H3,(H,31,33)(H,32,34)(H,35,36)/t27-/m0/s1. The summed E-state index contributed by atoms with van der Waals surface area (Å²) in [6.07, 6.45) is 17.7. The second-order valence-electron chi connectivity index (χ2n) is 10.5. The molecule has 0 aliphatic rings. The summed E-state index contributed by atoms with van der Waals surface area (Å²) in [4.78, 5) is 35.9. The number of unbranched alkanes of at least 4 members (excludes halogenated alkanes) is 12. The second-order valence-corrected chi connectivity index (χ2v) is 10.5. The summed E-state index contributed by atoms with van der Waals surface area (Å²) in [5.41, 5.74) is 1.31. The van der Waals surface area contributed by atoms with Crippen LogP contribution in [0.25, 0.3) is 0 Å².